The van der Waals surface area contributed by atoms with Gasteiger partial charge in [-0.1, -0.05) is 90.5 Å². The number of nitrogens with one attached hydrogen (secondary N) is 1. The van der Waals surface area contributed by atoms with E-state index in [0.717, 1.165) is 42.0 Å². The SMILES string of the molecule is CCOc1ccc(N(CC(=O)N(Cc2ccc(Cl)c(Cl)c2)[C@@H](Cc2ccccc2)C(=O)NC2CCCCC2)S(=O)(=O)c2ccc(Cl)cc2)cc1. The molecule has 12 heteroatoms. The molecular formula is C38H40Cl3N3O5S. The average Bonchev–Trinajstić information content (AvgIpc) is 3.11. The van der Waals surface area contributed by atoms with Gasteiger partial charge >= 0.3 is 0 Å². The number of nitrogens with zero attached hydrogens (tertiary/aromatic N) is 2. The Balaban J connectivity index is 1.57. The van der Waals surface area contributed by atoms with Gasteiger partial charge in [-0.2, -0.15) is 0 Å². The van der Waals surface area contributed by atoms with E-state index in [1.165, 1.54) is 29.2 Å². The first-order chi connectivity index (χ1) is 24.0. The zero-order valence-corrected chi connectivity index (χ0v) is 30.8. The maximum absolute atomic E-state index is 14.7. The number of rotatable bonds is 14. The van der Waals surface area contributed by atoms with E-state index in [1.54, 1.807) is 42.5 Å². The Morgan fingerprint density at radius 1 is 0.840 bits per heavy atom. The summed E-state index contributed by atoms with van der Waals surface area (Å²) >= 11 is 18.7. The molecular weight excluding hydrogens is 717 g/mol. The molecule has 0 radical (unpaired) electrons. The van der Waals surface area contributed by atoms with Gasteiger partial charge in [-0.05, 0) is 91.6 Å². The number of benzene rings is 4. The zero-order chi connectivity index (χ0) is 35.7. The van der Waals surface area contributed by atoms with E-state index in [9.17, 15) is 18.0 Å². The second-order valence-electron chi connectivity index (χ2n) is 12.2. The maximum atomic E-state index is 14.7. The van der Waals surface area contributed by atoms with Crippen LogP contribution in [0.4, 0.5) is 5.69 Å². The Hall–Kier alpha value is -3.76. The summed E-state index contributed by atoms with van der Waals surface area (Å²) in [7, 11) is -4.29. The van der Waals surface area contributed by atoms with Gasteiger partial charge in [-0.25, -0.2) is 8.42 Å². The molecule has 0 unspecified atom stereocenters. The van der Waals surface area contributed by atoms with E-state index < -0.39 is 28.5 Å². The largest absolute Gasteiger partial charge is 0.494 e. The molecule has 264 valence electrons. The number of amides is 2. The fourth-order valence-corrected chi connectivity index (χ4v) is 7.93. The predicted octanol–water partition coefficient (Wildman–Crippen LogP) is 8.33. The average molecular weight is 757 g/mol. The minimum absolute atomic E-state index is 0.0120. The van der Waals surface area contributed by atoms with Gasteiger partial charge < -0.3 is 15.0 Å². The number of halogens is 3. The summed E-state index contributed by atoms with van der Waals surface area (Å²) in [5, 5.41) is 4.22. The normalized spacial score (nSPS) is 14.1. The third kappa shape index (κ3) is 9.72. The number of carbonyl (C=O) groups is 2. The van der Waals surface area contributed by atoms with Gasteiger partial charge in [0.05, 0.1) is 27.2 Å². The lowest BCUT2D eigenvalue weighted by Gasteiger charge is -2.35. The lowest BCUT2D eigenvalue weighted by molar-refractivity contribution is -0.140. The summed E-state index contributed by atoms with van der Waals surface area (Å²) in [6, 6.07) is 25.7. The third-order valence-electron chi connectivity index (χ3n) is 8.68. The van der Waals surface area contributed by atoms with Gasteiger partial charge in [0.25, 0.3) is 10.0 Å². The number of ether oxygens (including phenoxy) is 1. The summed E-state index contributed by atoms with van der Waals surface area (Å²) in [6.07, 6.45) is 5.06. The van der Waals surface area contributed by atoms with Crippen molar-refractivity contribution in [3.8, 4) is 5.75 Å². The van der Waals surface area contributed by atoms with Crippen molar-refractivity contribution < 1.29 is 22.7 Å². The van der Waals surface area contributed by atoms with Crippen molar-refractivity contribution in [1.29, 1.82) is 0 Å². The minimum atomic E-state index is -4.29. The quantitative estimate of drug-likeness (QED) is 0.140. The molecule has 1 aliphatic rings. The molecule has 0 aliphatic heterocycles. The molecule has 4 aromatic carbocycles. The summed E-state index contributed by atoms with van der Waals surface area (Å²) in [4.78, 5) is 30.4. The molecule has 0 spiro atoms. The van der Waals surface area contributed by atoms with E-state index in [4.69, 9.17) is 39.5 Å². The highest BCUT2D eigenvalue weighted by molar-refractivity contribution is 7.92. The topological polar surface area (TPSA) is 96.0 Å². The van der Waals surface area contributed by atoms with Crippen LogP contribution in [0.15, 0.2) is 102 Å². The van der Waals surface area contributed by atoms with Crippen LogP contribution in [-0.4, -0.2) is 50.4 Å². The number of hydrogen-bond donors (Lipinski definition) is 1. The van der Waals surface area contributed by atoms with Gasteiger partial charge in [0.2, 0.25) is 11.8 Å². The molecule has 1 saturated carbocycles. The van der Waals surface area contributed by atoms with Crippen LogP contribution in [0.2, 0.25) is 15.1 Å². The van der Waals surface area contributed by atoms with E-state index in [2.05, 4.69) is 5.32 Å². The van der Waals surface area contributed by atoms with Crippen LogP contribution in [0.5, 0.6) is 5.75 Å². The molecule has 1 fully saturated rings. The molecule has 50 heavy (non-hydrogen) atoms. The smallest absolute Gasteiger partial charge is 0.264 e. The second kappa shape index (κ2) is 17.4. The second-order valence-corrected chi connectivity index (χ2v) is 15.3. The van der Waals surface area contributed by atoms with Crippen LogP contribution in [0.1, 0.15) is 50.2 Å². The Bertz CT molecular complexity index is 1850. The van der Waals surface area contributed by atoms with E-state index in [-0.39, 0.29) is 35.5 Å². The number of anilines is 1. The van der Waals surface area contributed by atoms with Crippen LogP contribution < -0.4 is 14.4 Å². The van der Waals surface area contributed by atoms with Crippen molar-refractivity contribution in [1.82, 2.24) is 10.2 Å². The summed E-state index contributed by atoms with van der Waals surface area (Å²) in [5.41, 5.74) is 1.72. The monoisotopic (exact) mass is 755 g/mol. The lowest BCUT2D eigenvalue weighted by Crippen LogP contribution is -2.55. The molecule has 0 bridgehead atoms. The molecule has 5 rings (SSSR count). The Labute approximate surface area is 309 Å². The number of carbonyl (C=O) groups excluding carboxylic acids is 2. The first-order valence-corrected chi connectivity index (χ1v) is 19.2. The van der Waals surface area contributed by atoms with Crippen LogP contribution in [0.3, 0.4) is 0 Å². The fourth-order valence-electron chi connectivity index (χ4n) is 6.07. The van der Waals surface area contributed by atoms with Crippen molar-refractivity contribution >= 4 is 62.3 Å². The Kier molecular flexibility index (Phi) is 13.1. The maximum Gasteiger partial charge on any atom is 0.264 e. The molecule has 2 amide bonds. The molecule has 0 saturated heterocycles. The van der Waals surface area contributed by atoms with Gasteiger partial charge in [0.15, 0.2) is 0 Å². The van der Waals surface area contributed by atoms with Crippen molar-refractivity contribution in [2.75, 3.05) is 17.5 Å². The van der Waals surface area contributed by atoms with Gasteiger partial charge in [-0.15, -0.1) is 0 Å². The molecule has 8 nitrogen and oxygen atoms in total. The molecule has 1 aliphatic carbocycles. The van der Waals surface area contributed by atoms with E-state index >= 15 is 0 Å². The number of hydrogen-bond acceptors (Lipinski definition) is 5. The summed E-state index contributed by atoms with van der Waals surface area (Å²) in [6.45, 7) is 1.66. The van der Waals surface area contributed by atoms with Crippen LogP contribution in [-0.2, 0) is 32.6 Å². The van der Waals surface area contributed by atoms with Crippen molar-refractivity contribution in [3.63, 3.8) is 0 Å². The first-order valence-electron chi connectivity index (χ1n) is 16.6. The molecule has 4 aromatic rings. The number of sulfonamides is 1. The molecule has 0 heterocycles. The van der Waals surface area contributed by atoms with Crippen LogP contribution in [0.25, 0.3) is 0 Å². The molecule has 0 aromatic heterocycles. The van der Waals surface area contributed by atoms with E-state index in [1.807, 2.05) is 37.3 Å². The highest BCUT2D eigenvalue weighted by Gasteiger charge is 2.35. The Morgan fingerprint density at radius 2 is 1.52 bits per heavy atom. The highest BCUT2D eigenvalue weighted by atomic mass is 35.5. The van der Waals surface area contributed by atoms with Gasteiger partial charge in [0.1, 0.15) is 18.3 Å². The van der Waals surface area contributed by atoms with Gasteiger partial charge in [0, 0.05) is 24.0 Å². The van der Waals surface area contributed by atoms with Crippen molar-refractivity contribution in [3.05, 3.63) is 123 Å². The van der Waals surface area contributed by atoms with Crippen molar-refractivity contribution in [2.24, 2.45) is 0 Å². The summed E-state index contributed by atoms with van der Waals surface area (Å²) < 4.78 is 35.2. The zero-order valence-electron chi connectivity index (χ0n) is 27.7. The minimum Gasteiger partial charge on any atom is -0.494 e. The van der Waals surface area contributed by atoms with Crippen LogP contribution in [0, 0.1) is 0 Å². The summed E-state index contributed by atoms with van der Waals surface area (Å²) in [5.74, 6) is -0.334. The first kappa shape index (κ1) is 37.5. The van der Waals surface area contributed by atoms with Crippen molar-refractivity contribution in [2.45, 2.75) is 69.0 Å². The molecule has 1 atom stereocenters. The lowest BCUT2D eigenvalue weighted by atomic mass is 9.94. The predicted molar refractivity (Wildman–Crippen MR) is 200 cm³/mol. The van der Waals surface area contributed by atoms with Gasteiger partial charge in [-0.3, -0.25) is 13.9 Å². The highest BCUT2D eigenvalue weighted by Crippen LogP contribution is 2.29. The molecule has 1 N–H and O–H groups in total. The van der Waals surface area contributed by atoms with E-state index in [0.29, 0.717) is 33.0 Å². The standard InChI is InChI=1S/C38H40Cl3N3O5S/c1-2-49-32-18-16-31(17-19-32)44(50(47,48)33-20-14-29(39)15-21-33)26-37(45)43(25-28-13-22-34(40)35(41)23-28)36(24-27-9-5-3-6-10-27)38(46)42-30-11-7-4-8-12-30/h3,5-6,9-10,13-23,30,36H,2,4,7-8,11-12,24-26H2,1H3,(H,42,46)/t36-/m0/s1. The third-order valence-corrected chi connectivity index (χ3v) is 11.5. The van der Waals surface area contributed by atoms with Crippen LogP contribution >= 0.6 is 34.8 Å². The fraction of sp³-hybridized carbons (Fsp3) is 0.316. The Morgan fingerprint density at radius 3 is 2.16 bits per heavy atom.